The van der Waals surface area contributed by atoms with Gasteiger partial charge in [0.2, 0.25) is 10.0 Å². The molecule has 6 nitrogen and oxygen atoms in total. The van der Waals surface area contributed by atoms with Gasteiger partial charge in [-0.25, -0.2) is 13.4 Å². The number of carbonyl (C=O) groups is 1. The van der Waals surface area contributed by atoms with Crippen LogP contribution in [0.1, 0.15) is 5.56 Å². The maximum Gasteiger partial charge on any atom is 0.411 e. The second kappa shape index (κ2) is 7.05. The number of amides is 1. The van der Waals surface area contributed by atoms with Crippen molar-refractivity contribution in [3.05, 3.63) is 29.0 Å². The number of carbonyl (C=O) groups excluding carboxylic acids is 1. The van der Waals surface area contributed by atoms with E-state index in [1.807, 2.05) is 0 Å². The van der Waals surface area contributed by atoms with Crippen LogP contribution in [0.3, 0.4) is 0 Å². The van der Waals surface area contributed by atoms with Crippen LogP contribution in [0, 0.1) is 0 Å². The van der Waals surface area contributed by atoms with Crippen molar-refractivity contribution in [3.8, 4) is 0 Å². The van der Waals surface area contributed by atoms with Gasteiger partial charge >= 0.3 is 6.18 Å². The Balaban J connectivity index is 2.48. The lowest BCUT2D eigenvalue weighted by Crippen LogP contribution is -2.35. The summed E-state index contributed by atoms with van der Waals surface area (Å²) in [6.07, 6.45) is -3.39. The summed E-state index contributed by atoms with van der Waals surface area (Å²) in [6, 6.07) is 2.75. The Morgan fingerprint density at radius 3 is 2.57 bits per heavy atom. The number of rotatable bonds is 6. The lowest BCUT2D eigenvalue weighted by Gasteiger charge is -2.09. The van der Waals surface area contributed by atoms with E-state index in [0.29, 0.717) is 0 Å². The number of hydrogen-bond donors (Lipinski definition) is 1. The highest BCUT2D eigenvalue weighted by Gasteiger charge is 2.28. The number of aromatic nitrogens is 1. The molecule has 0 spiro atoms. The zero-order valence-electron chi connectivity index (χ0n) is 10.4. The number of pyridine rings is 1. The first-order valence-corrected chi connectivity index (χ1v) is 7.39. The lowest BCUT2D eigenvalue weighted by molar-refractivity contribution is -0.175. The van der Waals surface area contributed by atoms with E-state index < -0.39 is 41.1 Å². The smallest absolute Gasteiger partial charge is 0.362 e. The topological polar surface area (TPSA) is 85.4 Å². The van der Waals surface area contributed by atoms with E-state index in [0.717, 1.165) is 0 Å². The molecule has 0 atom stereocenters. The van der Waals surface area contributed by atoms with Gasteiger partial charge in [0.25, 0.3) is 5.91 Å². The molecule has 11 heteroatoms. The van der Waals surface area contributed by atoms with E-state index in [2.05, 4.69) is 9.72 Å². The average molecular weight is 347 g/mol. The fourth-order valence-electron chi connectivity index (χ4n) is 1.21. The number of sulfonamides is 1. The molecule has 21 heavy (non-hydrogen) atoms. The molecule has 0 radical (unpaired) electrons. The minimum absolute atomic E-state index is 0.167. The Hall–Kier alpha value is -1.39. The van der Waals surface area contributed by atoms with Gasteiger partial charge in [0.15, 0.2) is 0 Å². The number of nitrogens with zero attached hydrogens (tertiary/aromatic N) is 1. The van der Waals surface area contributed by atoms with Crippen molar-refractivity contribution in [2.45, 2.75) is 11.9 Å². The Morgan fingerprint density at radius 2 is 2.05 bits per heavy atom. The summed E-state index contributed by atoms with van der Waals surface area (Å²) in [5.74, 6) is -1.76. The van der Waals surface area contributed by atoms with E-state index in [4.69, 9.17) is 11.6 Å². The third-order valence-electron chi connectivity index (χ3n) is 1.91. The predicted octanol–water partition coefficient (Wildman–Crippen LogP) is 1.26. The van der Waals surface area contributed by atoms with Crippen LogP contribution in [0.4, 0.5) is 13.2 Å². The van der Waals surface area contributed by atoms with Crippen molar-refractivity contribution in [3.63, 3.8) is 0 Å². The highest BCUT2D eigenvalue weighted by molar-refractivity contribution is 7.89. The summed E-state index contributed by atoms with van der Waals surface area (Å²) < 4.78 is 64.1. The summed E-state index contributed by atoms with van der Waals surface area (Å²) in [6.45, 7) is -2.65. The average Bonchev–Trinajstić information content (AvgIpc) is 2.29. The number of halogens is 4. The number of nitrogens with one attached hydrogen (secondary N) is 1. The minimum atomic E-state index is -4.59. The SMILES string of the molecule is O=C(COCC(F)(F)F)NS(=O)(=O)Cc1ccc(Cl)nc1. The molecular weight excluding hydrogens is 337 g/mol. The highest BCUT2D eigenvalue weighted by atomic mass is 35.5. The molecule has 0 bridgehead atoms. The molecule has 0 aliphatic rings. The van der Waals surface area contributed by atoms with E-state index in [1.54, 1.807) is 4.72 Å². The van der Waals surface area contributed by atoms with Gasteiger partial charge in [0.1, 0.15) is 18.4 Å². The van der Waals surface area contributed by atoms with Crippen LogP contribution >= 0.6 is 11.6 Å². The molecule has 1 amide bonds. The predicted molar refractivity (Wildman–Crippen MR) is 66.9 cm³/mol. The third kappa shape index (κ3) is 7.83. The van der Waals surface area contributed by atoms with Crippen LogP contribution in [0.25, 0.3) is 0 Å². The molecule has 1 aromatic rings. The van der Waals surface area contributed by atoms with Gasteiger partial charge in [0.05, 0.1) is 5.75 Å². The molecule has 0 aromatic carbocycles. The van der Waals surface area contributed by atoms with Crippen molar-refractivity contribution < 1.29 is 31.1 Å². The quantitative estimate of drug-likeness (QED) is 0.784. The van der Waals surface area contributed by atoms with Gasteiger partial charge in [-0.05, 0) is 11.6 Å². The largest absolute Gasteiger partial charge is 0.411 e. The normalized spacial score (nSPS) is 12.2. The fraction of sp³-hybridized carbons (Fsp3) is 0.400. The molecular formula is C10H10ClF3N2O4S. The summed E-state index contributed by atoms with van der Waals surface area (Å²) in [5, 5.41) is 0.167. The zero-order valence-corrected chi connectivity index (χ0v) is 11.9. The Bertz CT molecular complexity index is 589. The Labute approximate surface area is 123 Å². The van der Waals surface area contributed by atoms with Crippen LogP contribution in [0.15, 0.2) is 18.3 Å². The second-order valence-corrected chi connectivity index (χ2v) is 5.99. The van der Waals surface area contributed by atoms with Crippen molar-refractivity contribution in [1.82, 2.24) is 9.71 Å². The van der Waals surface area contributed by atoms with Gasteiger partial charge in [0, 0.05) is 6.20 Å². The first kappa shape index (κ1) is 17.7. The van der Waals surface area contributed by atoms with Crippen LogP contribution in [-0.4, -0.2) is 38.7 Å². The van der Waals surface area contributed by atoms with Crippen LogP contribution < -0.4 is 4.72 Å². The molecule has 1 rings (SSSR count). The van der Waals surface area contributed by atoms with E-state index in [-0.39, 0.29) is 10.7 Å². The van der Waals surface area contributed by atoms with Gasteiger partial charge in [-0.3, -0.25) is 9.52 Å². The molecule has 0 fully saturated rings. The minimum Gasteiger partial charge on any atom is -0.362 e. The second-order valence-electron chi connectivity index (χ2n) is 3.88. The fourth-order valence-corrected chi connectivity index (χ4v) is 2.41. The monoisotopic (exact) mass is 346 g/mol. The van der Waals surface area contributed by atoms with E-state index >= 15 is 0 Å². The Kier molecular flexibility index (Phi) is 5.93. The van der Waals surface area contributed by atoms with Gasteiger partial charge in [-0.15, -0.1) is 0 Å². The van der Waals surface area contributed by atoms with Gasteiger partial charge < -0.3 is 4.74 Å². The van der Waals surface area contributed by atoms with E-state index in [1.165, 1.54) is 18.3 Å². The maximum absolute atomic E-state index is 11.8. The number of alkyl halides is 3. The molecule has 0 saturated heterocycles. The molecule has 0 aliphatic carbocycles. The summed E-state index contributed by atoms with van der Waals surface area (Å²) in [4.78, 5) is 14.8. The number of ether oxygens (including phenoxy) is 1. The standard InChI is InChI=1S/C10H10ClF3N2O4S/c11-8-2-1-7(3-15-8)5-21(18,19)16-9(17)4-20-6-10(12,13)14/h1-3H,4-6H2,(H,16,17). The van der Waals surface area contributed by atoms with Crippen LogP contribution in [0.5, 0.6) is 0 Å². The van der Waals surface area contributed by atoms with E-state index in [9.17, 15) is 26.4 Å². The molecule has 0 unspecified atom stereocenters. The molecule has 0 saturated carbocycles. The highest BCUT2D eigenvalue weighted by Crippen LogP contribution is 2.14. The van der Waals surface area contributed by atoms with Crippen molar-refractivity contribution in [2.75, 3.05) is 13.2 Å². The van der Waals surface area contributed by atoms with Crippen LogP contribution in [0.2, 0.25) is 5.15 Å². The first-order valence-electron chi connectivity index (χ1n) is 5.36. The first-order chi connectivity index (χ1) is 9.57. The lowest BCUT2D eigenvalue weighted by atomic mass is 10.3. The molecule has 1 aromatic heterocycles. The zero-order chi connectivity index (χ0) is 16.1. The Morgan fingerprint density at radius 1 is 1.38 bits per heavy atom. The van der Waals surface area contributed by atoms with Gasteiger partial charge in [-0.1, -0.05) is 17.7 Å². The molecule has 118 valence electrons. The van der Waals surface area contributed by atoms with Crippen molar-refractivity contribution >= 4 is 27.5 Å². The number of hydrogen-bond acceptors (Lipinski definition) is 5. The van der Waals surface area contributed by atoms with Crippen molar-refractivity contribution in [1.29, 1.82) is 0 Å². The summed E-state index contributed by atoms with van der Waals surface area (Å²) >= 11 is 5.52. The summed E-state index contributed by atoms with van der Waals surface area (Å²) in [5.41, 5.74) is 0.260. The third-order valence-corrected chi connectivity index (χ3v) is 3.39. The van der Waals surface area contributed by atoms with Crippen molar-refractivity contribution in [2.24, 2.45) is 0 Å². The molecule has 1 heterocycles. The molecule has 1 N–H and O–H groups in total. The van der Waals surface area contributed by atoms with Crippen LogP contribution in [-0.2, 0) is 25.3 Å². The maximum atomic E-state index is 11.8. The van der Waals surface area contributed by atoms with Gasteiger partial charge in [-0.2, -0.15) is 13.2 Å². The summed E-state index contributed by atoms with van der Waals surface area (Å²) in [7, 11) is -4.06. The molecule has 0 aliphatic heterocycles.